The molecule has 1 fully saturated rings. The van der Waals surface area contributed by atoms with Crippen molar-refractivity contribution in [1.29, 1.82) is 0 Å². The monoisotopic (exact) mass is 429 g/mol. The summed E-state index contributed by atoms with van der Waals surface area (Å²) < 4.78 is 25.5. The van der Waals surface area contributed by atoms with Gasteiger partial charge in [-0.15, -0.1) is 0 Å². The highest BCUT2D eigenvalue weighted by atomic mass is 32.2. The standard InChI is InChI=1S/C21H27N5O3S/c1-12(2)19(20-22-16-7-5-6-8-17(16)23-20)24-21(27)18-13(3)25-26(14(18)4)15-9-10-30(28,29)11-15/h5-8,12,15,19H,9-11H2,1-4H3,(H,22,23)(H,24,27)/t15-,19-/m0/s1. The second kappa shape index (κ2) is 7.54. The number of rotatable bonds is 5. The number of fused-ring (bicyclic) bond motifs is 1. The molecule has 2 aromatic heterocycles. The third-order valence-corrected chi connectivity index (χ3v) is 7.51. The Bertz CT molecular complexity index is 1180. The summed E-state index contributed by atoms with van der Waals surface area (Å²) in [6.45, 7) is 7.67. The lowest BCUT2D eigenvalue weighted by Gasteiger charge is -2.20. The van der Waals surface area contributed by atoms with E-state index in [1.165, 1.54) is 0 Å². The Kier molecular flexibility index (Phi) is 5.17. The van der Waals surface area contributed by atoms with Gasteiger partial charge in [-0.1, -0.05) is 26.0 Å². The molecular weight excluding hydrogens is 402 g/mol. The molecule has 1 aromatic carbocycles. The van der Waals surface area contributed by atoms with Crippen molar-refractivity contribution in [2.45, 2.75) is 46.2 Å². The average Bonchev–Trinajstić information content (AvgIpc) is 3.34. The molecule has 0 saturated carbocycles. The lowest BCUT2D eigenvalue weighted by atomic mass is 10.0. The third kappa shape index (κ3) is 3.74. The van der Waals surface area contributed by atoms with Gasteiger partial charge in [-0.3, -0.25) is 9.48 Å². The smallest absolute Gasteiger partial charge is 0.255 e. The summed E-state index contributed by atoms with van der Waals surface area (Å²) in [6.07, 6.45) is 0.527. The molecule has 1 saturated heterocycles. The van der Waals surface area contributed by atoms with Crippen LogP contribution in [0.1, 0.15) is 59.9 Å². The van der Waals surface area contributed by atoms with Crippen molar-refractivity contribution >= 4 is 26.8 Å². The van der Waals surface area contributed by atoms with E-state index >= 15 is 0 Å². The second-order valence-electron chi connectivity index (χ2n) is 8.38. The van der Waals surface area contributed by atoms with Crippen LogP contribution in [0.25, 0.3) is 11.0 Å². The molecule has 8 nitrogen and oxygen atoms in total. The van der Waals surface area contributed by atoms with Gasteiger partial charge in [-0.2, -0.15) is 5.10 Å². The first-order chi connectivity index (χ1) is 14.2. The number of sulfone groups is 1. The maximum atomic E-state index is 13.2. The Hall–Kier alpha value is -2.68. The number of aromatic amines is 1. The molecule has 0 spiro atoms. The van der Waals surface area contributed by atoms with Gasteiger partial charge >= 0.3 is 0 Å². The predicted octanol–water partition coefficient (Wildman–Crippen LogP) is 2.86. The molecule has 9 heteroatoms. The van der Waals surface area contributed by atoms with Crippen LogP contribution in [0, 0.1) is 19.8 Å². The first kappa shape index (κ1) is 20.6. The summed E-state index contributed by atoms with van der Waals surface area (Å²) in [5, 5.41) is 7.61. The van der Waals surface area contributed by atoms with Gasteiger partial charge in [0.1, 0.15) is 5.82 Å². The molecule has 0 aliphatic carbocycles. The fraction of sp³-hybridized carbons (Fsp3) is 0.476. The van der Waals surface area contributed by atoms with Crippen molar-refractivity contribution < 1.29 is 13.2 Å². The van der Waals surface area contributed by atoms with Crippen LogP contribution in [0.4, 0.5) is 0 Å². The number of aryl methyl sites for hydroxylation is 1. The molecule has 4 rings (SSSR count). The number of nitrogens with one attached hydrogen (secondary N) is 2. The van der Waals surface area contributed by atoms with E-state index in [1.54, 1.807) is 11.6 Å². The SMILES string of the molecule is Cc1nn([C@H]2CCS(=O)(=O)C2)c(C)c1C(=O)N[C@H](c1nc2ccccc2[nH]1)C(C)C. The Morgan fingerprint density at radius 2 is 2.00 bits per heavy atom. The number of para-hydroxylation sites is 2. The van der Waals surface area contributed by atoms with Gasteiger partial charge in [0.2, 0.25) is 0 Å². The van der Waals surface area contributed by atoms with Gasteiger partial charge in [-0.05, 0) is 38.3 Å². The molecule has 0 bridgehead atoms. The summed E-state index contributed by atoms with van der Waals surface area (Å²) >= 11 is 0. The molecule has 2 N–H and O–H groups in total. The number of carbonyl (C=O) groups is 1. The van der Waals surface area contributed by atoms with E-state index in [4.69, 9.17) is 0 Å². The zero-order chi connectivity index (χ0) is 21.6. The fourth-order valence-corrected chi connectivity index (χ4v) is 5.89. The average molecular weight is 430 g/mol. The zero-order valence-electron chi connectivity index (χ0n) is 17.6. The van der Waals surface area contributed by atoms with E-state index in [2.05, 4.69) is 20.4 Å². The molecular formula is C21H27N5O3S. The van der Waals surface area contributed by atoms with Crippen LogP contribution in [0.2, 0.25) is 0 Å². The lowest BCUT2D eigenvalue weighted by Crippen LogP contribution is -2.33. The number of carbonyl (C=O) groups excluding carboxylic acids is 1. The molecule has 1 aliphatic rings. The molecule has 0 radical (unpaired) electrons. The van der Waals surface area contributed by atoms with Crippen LogP contribution in [-0.4, -0.2) is 45.6 Å². The maximum Gasteiger partial charge on any atom is 0.255 e. The van der Waals surface area contributed by atoms with Crippen molar-refractivity contribution in [3.63, 3.8) is 0 Å². The highest BCUT2D eigenvalue weighted by molar-refractivity contribution is 7.91. The number of aromatic nitrogens is 4. The summed E-state index contributed by atoms with van der Waals surface area (Å²) in [6, 6.07) is 7.25. The highest BCUT2D eigenvalue weighted by Gasteiger charge is 2.33. The molecule has 1 aliphatic heterocycles. The van der Waals surface area contributed by atoms with Crippen molar-refractivity contribution in [2.24, 2.45) is 5.92 Å². The van der Waals surface area contributed by atoms with E-state index in [1.807, 2.05) is 45.0 Å². The first-order valence-electron chi connectivity index (χ1n) is 10.2. The van der Waals surface area contributed by atoms with Gasteiger partial charge in [0.25, 0.3) is 5.91 Å². The molecule has 2 atom stereocenters. The van der Waals surface area contributed by atoms with Crippen LogP contribution in [0.5, 0.6) is 0 Å². The topological polar surface area (TPSA) is 110 Å². The Morgan fingerprint density at radius 3 is 2.63 bits per heavy atom. The van der Waals surface area contributed by atoms with Crippen molar-refractivity contribution in [3.05, 3.63) is 47.0 Å². The zero-order valence-corrected chi connectivity index (χ0v) is 18.5. The van der Waals surface area contributed by atoms with E-state index in [-0.39, 0.29) is 35.4 Å². The number of H-pyrrole nitrogens is 1. The highest BCUT2D eigenvalue weighted by Crippen LogP contribution is 2.28. The predicted molar refractivity (Wildman–Crippen MR) is 115 cm³/mol. The minimum absolute atomic E-state index is 0.0730. The summed E-state index contributed by atoms with van der Waals surface area (Å²) in [5.41, 5.74) is 3.58. The molecule has 0 unspecified atom stereocenters. The Labute approximate surface area is 176 Å². The minimum Gasteiger partial charge on any atom is -0.342 e. The maximum absolute atomic E-state index is 13.2. The largest absolute Gasteiger partial charge is 0.342 e. The van der Waals surface area contributed by atoms with E-state index in [0.29, 0.717) is 29.2 Å². The molecule has 30 heavy (non-hydrogen) atoms. The van der Waals surface area contributed by atoms with Gasteiger partial charge in [0.05, 0.1) is 45.9 Å². The number of nitrogens with zero attached hydrogens (tertiary/aromatic N) is 3. The number of hydrogen-bond acceptors (Lipinski definition) is 5. The fourth-order valence-electron chi connectivity index (χ4n) is 4.20. The molecule has 1 amide bonds. The van der Waals surface area contributed by atoms with E-state index < -0.39 is 9.84 Å². The second-order valence-corrected chi connectivity index (χ2v) is 10.6. The molecule has 3 heterocycles. The minimum atomic E-state index is -3.04. The summed E-state index contributed by atoms with van der Waals surface area (Å²) in [4.78, 5) is 21.2. The van der Waals surface area contributed by atoms with Crippen LogP contribution < -0.4 is 5.32 Å². The number of benzene rings is 1. The van der Waals surface area contributed by atoms with Crippen LogP contribution in [0.3, 0.4) is 0 Å². The van der Waals surface area contributed by atoms with Gasteiger partial charge in [0, 0.05) is 5.69 Å². The lowest BCUT2D eigenvalue weighted by molar-refractivity contribution is 0.0922. The molecule has 3 aromatic rings. The number of hydrogen-bond donors (Lipinski definition) is 2. The third-order valence-electron chi connectivity index (χ3n) is 5.76. The van der Waals surface area contributed by atoms with Gasteiger partial charge in [0.15, 0.2) is 9.84 Å². The van der Waals surface area contributed by atoms with E-state index in [9.17, 15) is 13.2 Å². The Morgan fingerprint density at radius 1 is 1.27 bits per heavy atom. The van der Waals surface area contributed by atoms with Crippen molar-refractivity contribution in [2.75, 3.05) is 11.5 Å². The van der Waals surface area contributed by atoms with Crippen LogP contribution >= 0.6 is 0 Å². The normalized spacial score (nSPS) is 19.4. The van der Waals surface area contributed by atoms with E-state index in [0.717, 1.165) is 11.0 Å². The van der Waals surface area contributed by atoms with Crippen LogP contribution in [0.15, 0.2) is 24.3 Å². The van der Waals surface area contributed by atoms with Crippen LogP contribution in [-0.2, 0) is 9.84 Å². The number of imidazole rings is 1. The number of amides is 1. The summed E-state index contributed by atoms with van der Waals surface area (Å²) in [5.74, 6) is 0.841. The van der Waals surface area contributed by atoms with Crippen molar-refractivity contribution in [3.8, 4) is 0 Å². The van der Waals surface area contributed by atoms with Crippen molar-refractivity contribution in [1.82, 2.24) is 25.1 Å². The van der Waals surface area contributed by atoms with Gasteiger partial charge in [-0.25, -0.2) is 13.4 Å². The molecule has 160 valence electrons. The Balaban J connectivity index is 1.62. The quantitative estimate of drug-likeness (QED) is 0.648. The summed E-state index contributed by atoms with van der Waals surface area (Å²) in [7, 11) is -3.04. The van der Waals surface area contributed by atoms with Gasteiger partial charge < -0.3 is 10.3 Å². The first-order valence-corrected chi connectivity index (χ1v) is 12.0.